The summed E-state index contributed by atoms with van der Waals surface area (Å²) in [5.74, 6) is -0.309. The number of ether oxygens (including phenoxy) is 1. The van der Waals surface area contributed by atoms with Gasteiger partial charge in [0.05, 0.1) is 18.8 Å². The molecule has 22 heavy (non-hydrogen) atoms. The molecule has 0 aliphatic rings. The first-order valence-corrected chi connectivity index (χ1v) is 7.20. The zero-order valence-electron chi connectivity index (χ0n) is 12.5. The van der Waals surface area contributed by atoms with E-state index in [0.717, 1.165) is 5.56 Å². The number of nitrogens with zero attached hydrogens (tertiary/aromatic N) is 1. The van der Waals surface area contributed by atoms with Crippen LogP contribution in [0.1, 0.15) is 29.1 Å². The van der Waals surface area contributed by atoms with Gasteiger partial charge >= 0.3 is 0 Å². The van der Waals surface area contributed by atoms with Crippen LogP contribution in [-0.4, -0.2) is 35.3 Å². The van der Waals surface area contributed by atoms with Gasteiger partial charge in [-0.25, -0.2) is 0 Å². The van der Waals surface area contributed by atoms with Crippen molar-refractivity contribution in [2.45, 2.75) is 19.1 Å². The van der Waals surface area contributed by atoms with Gasteiger partial charge in [-0.05, 0) is 24.6 Å². The molecule has 0 radical (unpaired) electrons. The summed E-state index contributed by atoms with van der Waals surface area (Å²) in [6.07, 6.45) is 0.678. The van der Waals surface area contributed by atoms with E-state index >= 15 is 0 Å². The van der Waals surface area contributed by atoms with Gasteiger partial charge in [-0.2, -0.15) is 0 Å². The number of aromatic nitrogens is 1. The minimum absolute atomic E-state index is 0.109. The minimum atomic E-state index is -0.765. The highest BCUT2D eigenvalue weighted by molar-refractivity contribution is 5.92. The summed E-state index contributed by atoms with van der Waals surface area (Å²) in [5, 5.41) is 12.5. The number of carbonyl (C=O) groups excluding carboxylic acids is 1. The fourth-order valence-electron chi connectivity index (χ4n) is 1.93. The van der Waals surface area contributed by atoms with Gasteiger partial charge in [0, 0.05) is 12.7 Å². The second kappa shape index (κ2) is 8.26. The van der Waals surface area contributed by atoms with Crippen molar-refractivity contribution in [1.82, 2.24) is 10.3 Å². The Labute approximate surface area is 130 Å². The summed E-state index contributed by atoms with van der Waals surface area (Å²) in [6.45, 7) is 2.20. The van der Waals surface area contributed by atoms with Gasteiger partial charge in [0.25, 0.3) is 5.91 Å². The highest BCUT2D eigenvalue weighted by Gasteiger charge is 2.12. The van der Waals surface area contributed by atoms with Gasteiger partial charge in [-0.15, -0.1) is 0 Å². The number of amides is 1. The molecule has 1 aromatic carbocycles. The fraction of sp³-hybridized carbons (Fsp3) is 0.294. The number of rotatable bonds is 7. The number of hydrogen-bond donors (Lipinski definition) is 2. The van der Waals surface area contributed by atoms with Crippen LogP contribution < -0.4 is 5.32 Å². The van der Waals surface area contributed by atoms with Gasteiger partial charge < -0.3 is 15.2 Å². The van der Waals surface area contributed by atoms with E-state index < -0.39 is 6.10 Å². The van der Waals surface area contributed by atoms with E-state index in [1.807, 2.05) is 37.3 Å². The van der Waals surface area contributed by atoms with Gasteiger partial charge in [0.2, 0.25) is 0 Å². The Morgan fingerprint density at radius 3 is 2.64 bits per heavy atom. The maximum Gasteiger partial charge on any atom is 0.269 e. The molecule has 1 aromatic heterocycles. The molecule has 0 saturated carbocycles. The molecule has 0 unspecified atom stereocenters. The molecule has 0 aliphatic heterocycles. The predicted octanol–water partition coefficient (Wildman–Crippen LogP) is 1.95. The summed E-state index contributed by atoms with van der Waals surface area (Å²) in [7, 11) is 0. The molecule has 0 fully saturated rings. The third kappa shape index (κ3) is 4.95. The first-order chi connectivity index (χ1) is 10.7. The van der Waals surface area contributed by atoms with Crippen molar-refractivity contribution in [3.8, 4) is 0 Å². The van der Waals surface area contributed by atoms with Gasteiger partial charge in [0.15, 0.2) is 0 Å². The topological polar surface area (TPSA) is 71.5 Å². The van der Waals surface area contributed by atoms with E-state index in [2.05, 4.69) is 10.3 Å². The smallest absolute Gasteiger partial charge is 0.269 e. The van der Waals surface area contributed by atoms with Crippen molar-refractivity contribution in [3.63, 3.8) is 0 Å². The van der Waals surface area contributed by atoms with Crippen molar-refractivity contribution >= 4 is 5.91 Å². The maximum atomic E-state index is 11.8. The molecule has 0 bridgehead atoms. The van der Waals surface area contributed by atoms with Gasteiger partial charge in [-0.3, -0.25) is 9.78 Å². The van der Waals surface area contributed by atoms with Crippen LogP contribution in [0.2, 0.25) is 0 Å². The van der Waals surface area contributed by atoms with Crippen LogP contribution in [0.5, 0.6) is 0 Å². The molecule has 0 spiro atoms. The molecule has 0 saturated heterocycles. The number of aliphatic hydroxyl groups is 1. The molecule has 1 amide bonds. The number of nitrogens with one attached hydrogen (secondary N) is 1. The lowest BCUT2D eigenvalue weighted by Gasteiger charge is -2.17. The monoisotopic (exact) mass is 300 g/mol. The van der Waals surface area contributed by atoms with Crippen molar-refractivity contribution < 1.29 is 14.6 Å². The summed E-state index contributed by atoms with van der Waals surface area (Å²) < 4.78 is 5.61. The first kappa shape index (κ1) is 16.1. The Morgan fingerprint density at radius 2 is 1.95 bits per heavy atom. The second-order valence-corrected chi connectivity index (χ2v) is 4.97. The first-order valence-electron chi connectivity index (χ1n) is 7.20. The molecule has 0 aliphatic carbocycles. The molecule has 5 nitrogen and oxygen atoms in total. The molecular weight excluding hydrogens is 280 g/mol. The van der Waals surface area contributed by atoms with E-state index in [-0.39, 0.29) is 25.2 Å². The van der Waals surface area contributed by atoms with Crippen molar-refractivity contribution in [2.75, 3.05) is 13.2 Å². The van der Waals surface area contributed by atoms with E-state index in [4.69, 9.17) is 4.74 Å². The highest BCUT2D eigenvalue weighted by atomic mass is 16.5. The molecule has 2 atom stereocenters. The van der Waals surface area contributed by atoms with Crippen LogP contribution in [0.3, 0.4) is 0 Å². The number of benzene rings is 1. The lowest BCUT2D eigenvalue weighted by molar-refractivity contribution is -0.00173. The Morgan fingerprint density at radius 1 is 1.23 bits per heavy atom. The van der Waals surface area contributed by atoms with E-state index in [9.17, 15) is 9.90 Å². The van der Waals surface area contributed by atoms with Crippen molar-refractivity contribution in [3.05, 3.63) is 66.0 Å². The lowest BCUT2D eigenvalue weighted by Crippen LogP contribution is -2.35. The van der Waals surface area contributed by atoms with E-state index in [1.54, 1.807) is 24.4 Å². The number of pyridine rings is 1. The average Bonchev–Trinajstić information content (AvgIpc) is 2.59. The number of hydrogen-bond acceptors (Lipinski definition) is 4. The van der Waals surface area contributed by atoms with E-state index in [0.29, 0.717) is 5.69 Å². The predicted molar refractivity (Wildman–Crippen MR) is 83.4 cm³/mol. The molecule has 2 rings (SSSR count). The summed E-state index contributed by atoms with van der Waals surface area (Å²) in [5.41, 5.74) is 1.38. The highest BCUT2D eigenvalue weighted by Crippen LogP contribution is 2.15. The molecule has 116 valence electrons. The van der Waals surface area contributed by atoms with E-state index in [1.165, 1.54) is 0 Å². The normalized spacial score (nSPS) is 13.4. The molecular formula is C17H20N2O3. The van der Waals surface area contributed by atoms with Crippen LogP contribution in [0.25, 0.3) is 0 Å². The number of carbonyl (C=O) groups is 1. The van der Waals surface area contributed by atoms with Gasteiger partial charge in [0.1, 0.15) is 5.69 Å². The quantitative estimate of drug-likeness (QED) is 0.820. The van der Waals surface area contributed by atoms with Crippen molar-refractivity contribution in [1.29, 1.82) is 0 Å². The Bertz CT molecular complexity index is 575. The lowest BCUT2D eigenvalue weighted by atomic mass is 10.1. The Hall–Kier alpha value is -2.24. The fourth-order valence-corrected chi connectivity index (χ4v) is 1.93. The summed E-state index contributed by atoms with van der Waals surface area (Å²) >= 11 is 0. The molecule has 1 heterocycles. The third-order valence-corrected chi connectivity index (χ3v) is 3.20. The molecule has 5 heteroatoms. The summed E-state index contributed by atoms with van der Waals surface area (Å²) in [6, 6.07) is 14.9. The zero-order valence-corrected chi connectivity index (χ0v) is 12.5. The Kier molecular flexibility index (Phi) is 6.06. The largest absolute Gasteiger partial charge is 0.389 e. The van der Waals surface area contributed by atoms with Crippen molar-refractivity contribution in [2.24, 2.45) is 0 Å². The standard InChI is InChI=1S/C17H20N2O3/c1-13(14-7-3-2-4-8-14)22-12-15(20)11-19-17(21)16-9-5-6-10-18-16/h2-10,13,15,20H,11-12H2,1H3,(H,19,21)/t13-,15-/m1/s1. The average molecular weight is 300 g/mol. The SMILES string of the molecule is C[C@@H](OC[C@H](O)CNC(=O)c1ccccn1)c1ccccc1. The van der Waals surface area contributed by atoms with Crippen LogP contribution in [0.15, 0.2) is 54.7 Å². The molecule has 2 aromatic rings. The zero-order chi connectivity index (χ0) is 15.8. The van der Waals surface area contributed by atoms with Crippen LogP contribution in [-0.2, 0) is 4.74 Å². The Balaban J connectivity index is 1.72. The second-order valence-electron chi connectivity index (χ2n) is 4.97. The third-order valence-electron chi connectivity index (χ3n) is 3.20. The van der Waals surface area contributed by atoms with Gasteiger partial charge in [-0.1, -0.05) is 36.4 Å². The minimum Gasteiger partial charge on any atom is -0.389 e. The van der Waals surface area contributed by atoms with Crippen LogP contribution in [0.4, 0.5) is 0 Å². The maximum absolute atomic E-state index is 11.8. The van der Waals surface area contributed by atoms with Crippen LogP contribution >= 0.6 is 0 Å². The van der Waals surface area contributed by atoms with Crippen LogP contribution in [0, 0.1) is 0 Å². The summed E-state index contributed by atoms with van der Waals surface area (Å²) in [4.78, 5) is 15.7. The number of aliphatic hydroxyl groups excluding tert-OH is 1. The molecule has 2 N–H and O–H groups in total.